The van der Waals surface area contributed by atoms with E-state index in [1.54, 1.807) is 31.4 Å². The van der Waals surface area contributed by atoms with Gasteiger partial charge in [0.25, 0.3) is 0 Å². The second-order valence-corrected chi connectivity index (χ2v) is 3.90. The zero-order valence-electron chi connectivity index (χ0n) is 9.54. The number of halogens is 1. The standard InChI is InChI=1S/C11H10BClN2O3/c1-18-8-4-2-7(3-5-8)11-14-6-9(12(16)17)10(13)15-11/h2-6,16-17H,1H3. The first-order chi connectivity index (χ1) is 8.61. The summed E-state index contributed by atoms with van der Waals surface area (Å²) in [6.45, 7) is 0. The third kappa shape index (κ3) is 2.61. The van der Waals surface area contributed by atoms with Crippen molar-refractivity contribution in [2.75, 3.05) is 7.11 Å². The Bertz CT molecular complexity index is 548. The monoisotopic (exact) mass is 264 g/mol. The van der Waals surface area contributed by atoms with Gasteiger partial charge in [-0.1, -0.05) is 11.6 Å². The maximum Gasteiger partial charge on any atom is 0.493 e. The van der Waals surface area contributed by atoms with Crippen molar-refractivity contribution in [1.29, 1.82) is 0 Å². The first-order valence-corrected chi connectivity index (χ1v) is 5.52. The molecule has 0 fully saturated rings. The van der Waals surface area contributed by atoms with Crippen LogP contribution in [0.3, 0.4) is 0 Å². The fraction of sp³-hybridized carbons (Fsp3) is 0.0909. The molecule has 0 unspecified atom stereocenters. The number of benzene rings is 1. The van der Waals surface area contributed by atoms with Crippen LogP contribution >= 0.6 is 11.6 Å². The summed E-state index contributed by atoms with van der Waals surface area (Å²) in [6.07, 6.45) is 1.29. The zero-order chi connectivity index (χ0) is 13.1. The number of rotatable bonds is 3. The lowest BCUT2D eigenvalue weighted by Crippen LogP contribution is -2.32. The third-order valence-electron chi connectivity index (χ3n) is 2.39. The Morgan fingerprint density at radius 3 is 2.39 bits per heavy atom. The van der Waals surface area contributed by atoms with Gasteiger partial charge < -0.3 is 14.8 Å². The molecule has 0 aliphatic carbocycles. The summed E-state index contributed by atoms with van der Waals surface area (Å²) in [5, 5.41) is 18.0. The van der Waals surface area contributed by atoms with Crippen molar-refractivity contribution in [3.05, 3.63) is 35.6 Å². The second-order valence-electron chi connectivity index (χ2n) is 3.54. The average molecular weight is 264 g/mol. The highest BCUT2D eigenvalue weighted by Gasteiger charge is 2.17. The lowest BCUT2D eigenvalue weighted by Gasteiger charge is -2.05. The van der Waals surface area contributed by atoms with E-state index in [4.69, 9.17) is 26.4 Å². The van der Waals surface area contributed by atoms with E-state index >= 15 is 0 Å². The van der Waals surface area contributed by atoms with Gasteiger partial charge in [-0.3, -0.25) is 0 Å². The fourth-order valence-corrected chi connectivity index (χ4v) is 1.65. The molecule has 2 aromatic rings. The molecule has 5 nitrogen and oxygen atoms in total. The Labute approximate surface area is 109 Å². The average Bonchev–Trinajstić information content (AvgIpc) is 2.38. The normalized spacial score (nSPS) is 10.2. The number of hydrogen-bond acceptors (Lipinski definition) is 5. The molecule has 1 aromatic carbocycles. The molecule has 0 radical (unpaired) electrons. The van der Waals surface area contributed by atoms with Crippen LogP contribution in [0.2, 0.25) is 5.15 Å². The van der Waals surface area contributed by atoms with Gasteiger partial charge >= 0.3 is 7.12 Å². The van der Waals surface area contributed by atoms with Crippen molar-refractivity contribution in [3.63, 3.8) is 0 Å². The molecule has 0 spiro atoms. The molecule has 0 saturated heterocycles. The van der Waals surface area contributed by atoms with Gasteiger partial charge in [-0.25, -0.2) is 9.97 Å². The van der Waals surface area contributed by atoms with E-state index in [0.29, 0.717) is 5.82 Å². The van der Waals surface area contributed by atoms with Crippen molar-refractivity contribution in [3.8, 4) is 17.1 Å². The van der Waals surface area contributed by atoms with Crippen LogP contribution in [0.1, 0.15) is 0 Å². The molecule has 0 amide bonds. The largest absolute Gasteiger partial charge is 0.497 e. The number of methoxy groups -OCH3 is 1. The van der Waals surface area contributed by atoms with E-state index in [1.165, 1.54) is 6.20 Å². The van der Waals surface area contributed by atoms with Gasteiger partial charge in [0, 0.05) is 17.2 Å². The van der Waals surface area contributed by atoms with E-state index in [9.17, 15) is 0 Å². The van der Waals surface area contributed by atoms with Crippen LogP contribution in [0.5, 0.6) is 5.75 Å². The van der Waals surface area contributed by atoms with Crippen LogP contribution in [0.4, 0.5) is 0 Å². The minimum Gasteiger partial charge on any atom is -0.497 e. The van der Waals surface area contributed by atoms with Crippen molar-refractivity contribution in [2.24, 2.45) is 0 Å². The summed E-state index contributed by atoms with van der Waals surface area (Å²) in [7, 11) is -0.0952. The van der Waals surface area contributed by atoms with E-state index in [1.807, 2.05) is 0 Å². The molecule has 18 heavy (non-hydrogen) atoms. The van der Waals surface area contributed by atoms with Crippen LogP contribution in [0.25, 0.3) is 11.4 Å². The second kappa shape index (κ2) is 5.35. The van der Waals surface area contributed by atoms with Gasteiger partial charge in [0.05, 0.1) is 7.11 Å². The molecule has 0 saturated carbocycles. The highest BCUT2D eigenvalue weighted by molar-refractivity contribution is 6.62. The predicted octanol–water partition coefficient (Wildman–Crippen LogP) is 0.485. The molecule has 2 N–H and O–H groups in total. The number of aromatic nitrogens is 2. The predicted molar refractivity (Wildman–Crippen MR) is 68.9 cm³/mol. The van der Waals surface area contributed by atoms with Gasteiger partial charge in [0.2, 0.25) is 0 Å². The van der Waals surface area contributed by atoms with E-state index in [-0.39, 0.29) is 10.6 Å². The third-order valence-corrected chi connectivity index (χ3v) is 2.70. The minimum atomic E-state index is -1.68. The molecule has 0 aliphatic rings. The summed E-state index contributed by atoms with van der Waals surface area (Å²) in [5.74, 6) is 1.14. The van der Waals surface area contributed by atoms with Crippen LogP contribution < -0.4 is 10.2 Å². The van der Waals surface area contributed by atoms with Gasteiger partial charge in [-0.2, -0.15) is 0 Å². The summed E-state index contributed by atoms with van der Waals surface area (Å²) in [6, 6.07) is 7.14. The quantitative estimate of drug-likeness (QED) is 0.623. The van der Waals surface area contributed by atoms with Gasteiger partial charge in [0.1, 0.15) is 10.9 Å². The number of ether oxygens (including phenoxy) is 1. The first-order valence-electron chi connectivity index (χ1n) is 5.15. The van der Waals surface area contributed by atoms with Crippen molar-refractivity contribution in [2.45, 2.75) is 0 Å². The molecule has 0 bridgehead atoms. The summed E-state index contributed by atoms with van der Waals surface area (Å²) in [4.78, 5) is 8.04. The molecule has 7 heteroatoms. The highest BCUT2D eigenvalue weighted by atomic mass is 35.5. The summed E-state index contributed by atoms with van der Waals surface area (Å²) in [5.41, 5.74) is 0.839. The van der Waals surface area contributed by atoms with Gasteiger partial charge in [-0.05, 0) is 24.3 Å². The minimum absolute atomic E-state index is 0.0193. The van der Waals surface area contributed by atoms with Gasteiger partial charge in [-0.15, -0.1) is 0 Å². The van der Waals surface area contributed by atoms with Crippen LogP contribution in [-0.4, -0.2) is 34.2 Å². The smallest absolute Gasteiger partial charge is 0.493 e. The fourth-order valence-electron chi connectivity index (χ4n) is 1.42. The van der Waals surface area contributed by atoms with Crippen molar-refractivity contribution < 1.29 is 14.8 Å². The molecular weight excluding hydrogens is 254 g/mol. The highest BCUT2D eigenvalue weighted by Crippen LogP contribution is 2.19. The molecule has 1 heterocycles. The van der Waals surface area contributed by atoms with E-state index < -0.39 is 7.12 Å². The van der Waals surface area contributed by atoms with Crippen LogP contribution in [-0.2, 0) is 0 Å². The van der Waals surface area contributed by atoms with Gasteiger partial charge in [0.15, 0.2) is 5.82 Å². The molecular formula is C11H10BClN2O3. The lowest BCUT2D eigenvalue weighted by atomic mass is 9.83. The zero-order valence-corrected chi connectivity index (χ0v) is 10.3. The topological polar surface area (TPSA) is 75.5 Å². The summed E-state index contributed by atoms with van der Waals surface area (Å²) < 4.78 is 5.05. The van der Waals surface area contributed by atoms with Crippen LogP contribution in [0.15, 0.2) is 30.5 Å². The Morgan fingerprint density at radius 1 is 1.22 bits per heavy atom. The molecule has 0 atom stereocenters. The first kappa shape index (κ1) is 12.8. The maximum atomic E-state index is 9.01. The molecule has 0 aliphatic heterocycles. The summed E-state index contributed by atoms with van der Waals surface area (Å²) >= 11 is 5.84. The number of hydrogen-bond donors (Lipinski definition) is 2. The van der Waals surface area contributed by atoms with Crippen LogP contribution in [0, 0.1) is 0 Å². The van der Waals surface area contributed by atoms with Crippen molar-refractivity contribution in [1.82, 2.24) is 9.97 Å². The SMILES string of the molecule is COc1ccc(-c2ncc(B(O)O)c(Cl)n2)cc1. The molecule has 1 aromatic heterocycles. The van der Waals surface area contributed by atoms with Crippen molar-refractivity contribution >= 4 is 24.2 Å². The Kier molecular flexibility index (Phi) is 3.81. The van der Waals surface area contributed by atoms with E-state index in [0.717, 1.165) is 11.3 Å². The number of nitrogens with zero attached hydrogens (tertiary/aromatic N) is 2. The Hall–Kier alpha value is -1.63. The molecule has 2 rings (SSSR count). The van der Waals surface area contributed by atoms with E-state index in [2.05, 4.69) is 9.97 Å². The Morgan fingerprint density at radius 2 is 1.89 bits per heavy atom. The lowest BCUT2D eigenvalue weighted by molar-refractivity contribution is 0.415. The maximum absolute atomic E-state index is 9.01. The molecule has 92 valence electrons. The Balaban J connectivity index is 2.36.